The lowest BCUT2D eigenvalue weighted by Gasteiger charge is -2.25. The molecule has 98 valence electrons. The van der Waals surface area contributed by atoms with Gasteiger partial charge in [-0.15, -0.1) is 0 Å². The molecule has 0 aliphatic carbocycles. The minimum Gasteiger partial charge on any atom is -0.368 e. The van der Waals surface area contributed by atoms with E-state index in [1.54, 1.807) is 19.9 Å². The van der Waals surface area contributed by atoms with Crippen molar-refractivity contribution in [3.8, 4) is 0 Å². The first-order valence-corrected chi connectivity index (χ1v) is 6.17. The number of primary amides is 1. The van der Waals surface area contributed by atoms with Crippen molar-refractivity contribution in [1.82, 2.24) is 4.90 Å². The maximum Gasteiger partial charge on any atom is 0.258 e. The van der Waals surface area contributed by atoms with E-state index in [0.29, 0.717) is 4.47 Å². The van der Waals surface area contributed by atoms with Crippen LogP contribution in [0.1, 0.15) is 24.2 Å². The van der Waals surface area contributed by atoms with Crippen LogP contribution in [-0.2, 0) is 4.79 Å². The van der Waals surface area contributed by atoms with Crippen LogP contribution in [0.2, 0.25) is 0 Å². The summed E-state index contributed by atoms with van der Waals surface area (Å²) in [7, 11) is 0. The van der Waals surface area contributed by atoms with Crippen LogP contribution >= 0.6 is 15.9 Å². The SMILES string of the molecule is CC(C)N(CC(N)=O)C(=O)c1c(F)cccc1Br. The van der Waals surface area contributed by atoms with Gasteiger partial charge in [-0.3, -0.25) is 9.59 Å². The molecule has 0 saturated heterocycles. The fraction of sp³-hybridized carbons (Fsp3) is 0.333. The normalized spacial score (nSPS) is 10.5. The number of halogens is 2. The summed E-state index contributed by atoms with van der Waals surface area (Å²) < 4.78 is 14.0. The topological polar surface area (TPSA) is 63.4 Å². The van der Waals surface area contributed by atoms with Gasteiger partial charge in [0.25, 0.3) is 5.91 Å². The highest BCUT2D eigenvalue weighted by Gasteiger charge is 2.24. The number of rotatable bonds is 4. The van der Waals surface area contributed by atoms with E-state index < -0.39 is 17.6 Å². The molecule has 18 heavy (non-hydrogen) atoms. The van der Waals surface area contributed by atoms with Gasteiger partial charge in [-0.05, 0) is 41.9 Å². The highest BCUT2D eigenvalue weighted by molar-refractivity contribution is 9.10. The Morgan fingerprint density at radius 3 is 2.50 bits per heavy atom. The zero-order valence-electron chi connectivity index (χ0n) is 10.1. The molecule has 4 nitrogen and oxygen atoms in total. The third kappa shape index (κ3) is 3.29. The zero-order chi connectivity index (χ0) is 13.9. The van der Waals surface area contributed by atoms with Crippen LogP contribution in [-0.4, -0.2) is 29.3 Å². The molecule has 2 amide bonds. The Labute approximate surface area is 113 Å². The van der Waals surface area contributed by atoms with Gasteiger partial charge in [-0.2, -0.15) is 0 Å². The first-order valence-electron chi connectivity index (χ1n) is 5.38. The van der Waals surface area contributed by atoms with Crippen molar-refractivity contribution >= 4 is 27.7 Å². The summed E-state index contributed by atoms with van der Waals surface area (Å²) in [6.07, 6.45) is 0. The Morgan fingerprint density at radius 2 is 2.06 bits per heavy atom. The minimum atomic E-state index is -0.635. The van der Waals surface area contributed by atoms with Gasteiger partial charge < -0.3 is 10.6 Å². The molecule has 2 N–H and O–H groups in total. The molecule has 0 aromatic heterocycles. The molecule has 0 heterocycles. The predicted molar refractivity (Wildman–Crippen MR) is 69.5 cm³/mol. The Morgan fingerprint density at radius 1 is 1.44 bits per heavy atom. The molecule has 1 aromatic carbocycles. The highest BCUT2D eigenvalue weighted by Crippen LogP contribution is 2.22. The molecule has 0 saturated carbocycles. The monoisotopic (exact) mass is 316 g/mol. The Bertz CT molecular complexity index is 457. The quantitative estimate of drug-likeness (QED) is 0.922. The van der Waals surface area contributed by atoms with E-state index in [2.05, 4.69) is 15.9 Å². The second-order valence-electron chi connectivity index (χ2n) is 4.09. The van der Waals surface area contributed by atoms with Gasteiger partial charge in [0.1, 0.15) is 5.82 Å². The van der Waals surface area contributed by atoms with E-state index in [1.165, 1.54) is 17.0 Å². The molecule has 0 radical (unpaired) electrons. The van der Waals surface area contributed by atoms with Crippen molar-refractivity contribution in [2.24, 2.45) is 5.73 Å². The second-order valence-corrected chi connectivity index (χ2v) is 4.94. The number of hydrogen-bond acceptors (Lipinski definition) is 2. The number of carbonyl (C=O) groups excluding carboxylic acids is 2. The van der Waals surface area contributed by atoms with Crippen molar-refractivity contribution in [3.05, 3.63) is 34.1 Å². The first-order chi connectivity index (χ1) is 8.34. The Hall–Kier alpha value is -1.43. The molecule has 1 rings (SSSR count). The lowest BCUT2D eigenvalue weighted by molar-refractivity contribution is -0.119. The fourth-order valence-electron chi connectivity index (χ4n) is 1.50. The van der Waals surface area contributed by atoms with Gasteiger partial charge in [0.15, 0.2) is 0 Å². The van der Waals surface area contributed by atoms with Crippen molar-refractivity contribution in [3.63, 3.8) is 0 Å². The van der Waals surface area contributed by atoms with Gasteiger partial charge in [0.05, 0.1) is 12.1 Å². The lowest BCUT2D eigenvalue weighted by atomic mass is 10.1. The first kappa shape index (κ1) is 14.6. The van der Waals surface area contributed by atoms with Gasteiger partial charge in [0.2, 0.25) is 5.91 Å². The standard InChI is InChI=1S/C12H14BrFN2O2/c1-7(2)16(6-10(15)17)12(18)11-8(13)4-3-5-9(11)14/h3-5,7H,6H2,1-2H3,(H2,15,17). The van der Waals surface area contributed by atoms with Crippen LogP contribution < -0.4 is 5.73 Å². The summed E-state index contributed by atoms with van der Waals surface area (Å²) in [4.78, 5) is 24.4. The van der Waals surface area contributed by atoms with E-state index in [9.17, 15) is 14.0 Å². The largest absolute Gasteiger partial charge is 0.368 e. The second kappa shape index (κ2) is 5.95. The van der Waals surface area contributed by atoms with Gasteiger partial charge in [-0.25, -0.2) is 4.39 Å². The van der Waals surface area contributed by atoms with E-state index in [-0.39, 0.29) is 18.2 Å². The minimum absolute atomic E-state index is 0.0903. The highest BCUT2D eigenvalue weighted by atomic mass is 79.9. The molecule has 0 unspecified atom stereocenters. The molecule has 0 fully saturated rings. The lowest BCUT2D eigenvalue weighted by Crippen LogP contribution is -2.43. The maximum absolute atomic E-state index is 13.7. The van der Waals surface area contributed by atoms with Crippen molar-refractivity contribution in [2.75, 3.05) is 6.54 Å². The third-order valence-corrected chi connectivity index (χ3v) is 3.05. The van der Waals surface area contributed by atoms with E-state index in [0.717, 1.165) is 0 Å². The number of nitrogens with two attached hydrogens (primary N) is 1. The number of hydrogen-bond donors (Lipinski definition) is 1. The fourth-order valence-corrected chi connectivity index (χ4v) is 2.01. The zero-order valence-corrected chi connectivity index (χ0v) is 11.7. The van der Waals surface area contributed by atoms with Gasteiger partial charge >= 0.3 is 0 Å². The molecular weight excluding hydrogens is 303 g/mol. The van der Waals surface area contributed by atoms with Crippen molar-refractivity contribution in [1.29, 1.82) is 0 Å². The summed E-state index contributed by atoms with van der Waals surface area (Å²) in [5.74, 6) is -1.83. The molecule has 0 bridgehead atoms. The van der Waals surface area contributed by atoms with Crippen LogP contribution in [0.5, 0.6) is 0 Å². The van der Waals surface area contributed by atoms with Gasteiger partial charge in [-0.1, -0.05) is 6.07 Å². The Balaban J connectivity index is 3.14. The Kier molecular flexibility index (Phi) is 4.84. The van der Waals surface area contributed by atoms with Crippen LogP contribution in [0, 0.1) is 5.82 Å². The smallest absolute Gasteiger partial charge is 0.258 e. The molecule has 0 atom stereocenters. The maximum atomic E-state index is 13.7. The average Bonchev–Trinajstić information content (AvgIpc) is 2.24. The van der Waals surface area contributed by atoms with Gasteiger partial charge in [0, 0.05) is 10.5 Å². The van der Waals surface area contributed by atoms with Crippen molar-refractivity contribution < 1.29 is 14.0 Å². The van der Waals surface area contributed by atoms with Crippen molar-refractivity contribution in [2.45, 2.75) is 19.9 Å². The molecule has 0 spiro atoms. The number of benzene rings is 1. The predicted octanol–water partition coefficient (Wildman–Crippen LogP) is 1.92. The van der Waals surface area contributed by atoms with Crippen LogP contribution in [0.4, 0.5) is 4.39 Å². The molecule has 0 aliphatic heterocycles. The summed E-state index contributed by atoms with van der Waals surface area (Å²) >= 11 is 3.13. The summed E-state index contributed by atoms with van der Waals surface area (Å²) in [5, 5.41) is 0. The van der Waals surface area contributed by atoms with Crippen LogP contribution in [0.25, 0.3) is 0 Å². The number of carbonyl (C=O) groups is 2. The summed E-state index contributed by atoms with van der Waals surface area (Å²) in [6, 6.07) is 4.00. The molecule has 0 aliphatic rings. The summed E-state index contributed by atoms with van der Waals surface area (Å²) in [6.45, 7) is 3.22. The summed E-state index contributed by atoms with van der Waals surface area (Å²) in [5.41, 5.74) is 4.99. The van der Waals surface area contributed by atoms with E-state index in [1.807, 2.05) is 0 Å². The third-order valence-electron chi connectivity index (χ3n) is 2.39. The molecule has 1 aromatic rings. The molecule has 6 heteroatoms. The average molecular weight is 317 g/mol. The number of amides is 2. The van der Waals surface area contributed by atoms with Crippen LogP contribution in [0.3, 0.4) is 0 Å². The molecular formula is C12H14BrFN2O2. The van der Waals surface area contributed by atoms with E-state index in [4.69, 9.17) is 5.73 Å². The van der Waals surface area contributed by atoms with Crippen LogP contribution in [0.15, 0.2) is 22.7 Å². The number of nitrogens with zero attached hydrogens (tertiary/aromatic N) is 1. The van der Waals surface area contributed by atoms with E-state index >= 15 is 0 Å².